The number of hydrogen-bond donors (Lipinski definition) is 1. The minimum atomic E-state index is -1.09. The van der Waals surface area contributed by atoms with Gasteiger partial charge in [-0.25, -0.2) is 4.79 Å². The van der Waals surface area contributed by atoms with Gasteiger partial charge in [0.25, 0.3) is 0 Å². The Bertz CT molecular complexity index is 304. The molecule has 14 heavy (non-hydrogen) atoms. The standard InChI is InChI=1S/C10H13NO3/c1-8-3-2-6-11(7-8)9(12)4-5-10(13)14/h3-5H,2,6-7H2,1H3,(H,13,14)/b5-4+. The molecule has 4 heteroatoms. The van der Waals surface area contributed by atoms with Gasteiger partial charge in [-0.2, -0.15) is 0 Å². The highest BCUT2D eigenvalue weighted by Gasteiger charge is 2.13. The Morgan fingerprint density at radius 3 is 2.79 bits per heavy atom. The first kappa shape index (κ1) is 10.5. The van der Waals surface area contributed by atoms with Crippen molar-refractivity contribution in [1.82, 2.24) is 4.90 Å². The van der Waals surface area contributed by atoms with Crippen LogP contribution in [0.1, 0.15) is 13.3 Å². The van der Waals surface area contributed by atoms with Crippen LogP contribution in [0.5, 0.6) is 0 Å². The summed E-state index contributed by atoms with van der Waals surface area (Å²) in [6.07, 6.45) is 4.90. The van der Waals surface area contributed by atoms with Gasteiger partial charge in [0.15, 0.2) is 0 Å². The third-order valence-corrected chi connectivity index (χ3v) is 2.01. The number of amides is 1. The lowest BCUT2D eigenvalue weighted by atomic mass is 10.1. The number of carboxylic acids is 1. The van der Waals surface area contributed by atoms with Crippen LogP contribution in [-0.4, -0.2) is 35.0 Å². The molecule has 1 N–H and O–H groups in total. The van der Waals surface area contributed by atoms with Crippen LogP contribution >= 0.6 is 0 Å². The fourth-order valence-corrected chi connectivity index (χ4v) is 1.35. The average molecular weight is 195 g/mol. The van der Waals surface area contributed by atoms with E-state index in [1.165, 1.54) is 0 Å². The first-order valence-corrected chi connectivity index (χ1v) is 4.45. The topological polar surface area (TPSA) is 57.6 Å². The molecule has 0 aromatic heterocycles. The summed E-state index contributed by atoms with van der Waals surface area (Å²) < 4.78 is 0. The molecule has 1 heterocycles. The van der Waals surface area contributed by atoms with Crippen molar-refractivity contribution in [2.75, 3.05) is 13.1 Å². The van der Waals surface area contributed by atoms with Crippen molar-refractivity contribution in [3.8, 4) is 0 Å². The summed E-state index contributed by atoms with van der Waals surface area (Å²) in [5.74, 6) is -1.33. The monoisotopic (exact) mass is 195 g/mol. The summed E-state index contributed by atoms with van der Waals surface area (Å²) in [5, 5.41) is 8.34. The van der Waals surface area contributed by atoms with E-state index in [0.717, 1.165) is 24.1 Å². The number of aliphatic carboxylic acids is 1. The second-order valence-corrected chi connectivity index (χ2v) is 3.27. The van der Waals surface area contributed by atoms with E-state index in [9.17, 15) is 9.59 Å². The Hall–Kier alpha value is -1.58. The molecule has 1 rings (SSSR count). The molecule has 0 fully saturated rings. The fourth-order valence-electron chi connectivity index (χ4n) is 1.35. The second-order valence-electron chi connectivity index (χ2n) is 3.27. The minimum Gasteiger partial charge on any atom is -0.478 e. The van der Waals surface area contributed by atoms with Crippen molar-refractivity contribution in [3.63, 3.8) is 0 Å². The lowest BCUT2D eigenvalue weighted by molar-refractivity contribution is -0.132. The Morgan fingerprint density at radius 2 is 2.21 bits per heavy atom. The maximum absolute atomic E-state index is 11.4. The molecule has 4 nitrogen and oxygen atoms in total. The fraction of sp³-hybridized carbons (Fsp3) is 0.400. The van der Waals surface area contributed by atoms with Gasteiger partial charge in [0.05, 0.1) is 0 Å². The van der Waals surface area contributed by atoms with Crippen LogP contribution in [0.15, 0.2) is 23.8 Å². The maximum atomic E-state index is 11.4. The number of rotatable bonds is 2. The van der Waals surface area contributed by atoms with Gasteiger partial charge in [-0.3, -0.25) is 4.79 Å². The third-order valence-electron chi connectivity index (χ3n) is 2.01. The Balaban J connectivity index is 2.54. The number of carbonyl (C=O) groups excluding carboxylic acids is 1. The van der Waals surface area contributed by atoms with Crippen LogP contribution < -0.4 is 0 Å². The van der Waals surface area contributed by atoms with E-state index in [1.54, 1.807) is 4.90 Å². The Labute approximate surface area is 82.5 Å². The SMILES string of the molecule is CC1=CCCN(C(=O)/C=C/C(=O)O)C1. The van der Waals surface area contributed by atoms with Crippen molar-refractivity contribution in [1.29, 1.82) is 0 Å². The number of carboxylic acid groups (broad SMARTS) is 1. The van der Waals surface area contributed by atoms with Gasteiger partial charge < -0.3 is 10.0 Å². The molecule has 0 aliphatic carbocycles. The normalized spacial score (nSPS) is 16.9. The first-order chi connectivity index (χ1) is 6.59. The van der Waals surface area contributed by atoms with Gasteiger partial charge in [0, 0.05) is 25.2 Å². The van der Waals surface area contributed by atoms with Gasteiger partial charge in [-0.1, -0.05) is 11.6 Å². The van der Waals surface area contributed by atoms with E-state index in [4.69, 9.17) is 5.11 Å². The molecule has 1 aliphatic heterocycles. The van der Waals surface area contributed by atoms with Gasteiger partial charge in [0.2, 0.25) is 5.91 Å². The predicted octanol–water partition coefficient (Wildman–Crippen LogP) is 0.806. The molecule has 76 valence electrons. The summed E-state index contributed by atoms with van der Waals surface area (Å²) >= 11 is 0. The largest absolute Gasteiger partial charge is 0.478 e. The van der Waals surface area contributed by atoms with E-state index in [2.05, 4.69) is 6.08 Å². The molecule has 0 saturated heterocycles. The van der Waals surface area contributed by atoms with Crippen molar-refractivity contribution in [2.24, 2.45) is 0 Å². The number of carbonyl (C=O) groups is 2. The zero-order valence-corrected chi connectivity index (χ0v) is 8.06. The molecule has 0 radical (unpaired) electrons. The lowest BCUT2D eigenvalue weighted by Crippen LogP contribution is -2.34. The molecule has 1 amide bonds. The van der Waals surface area contributed by atoms with E-state index in [0.29, 0.717) is 13.1 Å². The summed E-state index contributed by atoms with van der Waals surface area (Å²) in [4.78, 5) is 23.2. The smallest absolute Gasteiger partial charge is 0.328 e. The molecule has 0 aromatic carbocycles. The quantitative estimate of drug-likeness (QED) is 0.524. The number of nitrogens with zero attached hydrogens (tertiary/aromatic N) is 1. The third kappa shape index (κ3) is 3.05. The molecule has 0 atom stereocenters. The van der Waals surface area contributed by atoms with E-state index < -0.39 is 5.97 Å². The molecule has 0 bridgehead atoms. The summed E-state index contributed by atoms with van der Waals surface area (Å²) in [6.45, 7) is 3.23. The minimum absolute atomic E-state index is 0.236. The van der Waals surface area contributed by atoms with Crippen LogP contribution in [-0.2, 0) is 9.59 Å². The van der Waals surface area contributed by atoms with Crippen LogP contribution in [0.2, 0.25) is 0 Å². The highest BCUT2D eigenvalue weighted by Crippen LogP contribution is 2.08. The van der Waals surface area contributed by atoms with Gasteiger partial charge >= 0.3 is 5.97 Å². The van der Waals surface area contributed by atoms with Crippen molar-refractivity contribution in [2.45, 2.75) is 13.3 Å². The first-order valence-electron chi connectivity index (χ1n) is 4.45. The maximum Gasteiger partial charge on any atom is 0.328 e. The molecule has 0 aromatic rings. The Kier molecular flexibility index (Phi) is 3.45. The predicted molar refractivity (Wildman–Crippen MR) is 51.7 cm³/mol. The van der Waals surface area contributed by atoms with Gasteiger partial charge in [0.1, 0.15) is 0 Å². The zero-order chi connectivity index (χ0) is 10.6. The highest BCUT2D eigenvalue weighted by atomic mass is 16.4. The van der Waals surface area contributed by atoms with Crippen molar-refractivity contribution < 1.29 is 14.7 Å². The van der Waals surface area contributed by atoms with Crippen molar-refractivity contribution >= 4 is 11.9 Å². The highest BCUT2D eigenvalue weighted by molar-refractivity contribution is 5.94. The number of hydrogen-bond acceptors (Lipinski definition) is 2. The van der Waals surface area contributed by atoms with Crippen molar-refractivity contribution in [3.05, 3.63) is 23.8 Å². The summed E-state index contributed by atoms with van der Waals surface area (Å²) in [6, 6.07) is 0. The second kappa shape index (κ2) is 4.60. The van der Waals surface area contributed by atoms with Gasteiger partial charge in [-0.15, -0.1) is 0 Å². The van der Waals surface area contributed by atoms with Crippen LogP contribution in [0.3, 0.4) is 0 Å². The molecular weight excluding hydrogens is 182 g/mol. The Morgan fingerprint density at radius 1 is 1.50 bits per heavy atom. The molecular formula is C10H13NO3. The molecule has 0 spiro atoms. The van der Waals surface area contributed by atoms with E-state index in [1.807, 2.05) is 6.92 Å². The van der Waals surface area contributed by atoms with Crippen LogP contribution in [0.25, 0.3) is 0 Å². The summed E-state index contributed by atoms with van der Waals surface area (Å²) in [7, 11) is 0. The van der Waals surface area contributed by atoms with E-state index in [-0.39, 0.29) is 5.91 Å². The van der Waals surface area contributed by atoms with Gasteiger partial charge in [-0.05, 0) is 13.3 Å². The molecule has 0 unspecified atom stereocenters. The molecule has 1 aliphatic rings. The van der Waals surface area contributed by atoms with E-state index >= 15 is 0 Å². The summed E-state index contributed by atoms with van der Waals surface area (Å²) in [5.41, 5.74) is 1.15. The average Bonchev–Trinajstić information content (AvgIpc) is 2.14. The van der Waals surface area contributed by atoms with Crippen LogP contribution in [0.4, 0.5) is 0 Å². The molecule has 0 saturated carbocycles. The lowest BCUT2D eigenvalue weighted by Gasteiger charge is -2.24. The van der Waals surface area contributed by atoms with Crippen LogP contribution in [0, 0.1) is 0 Å². The zero-order valence-electron chi connectivity index (χ0n) is 8.06.